The second-order valence-electron chi connectivity index (χ2n) is 3.73. The molecule has 1 aromatic carbocycles. The van der Waals surface area contributed by atoms with Gasteiger partial charge in [-0.25, -0.2) is 0 Å². The maximum Gasteiger partial charge on any atom is 0.106 e. The van der Waals surface area contributed by atoms with Gasteiger partial charge in [0, 0.05) is 36.5 Å². The highest BCUT2D eigenvalue weighted by Gasteiger charge is 2.13. The predicted molar refractivity (Wildman–Crippen MR) is 78.5 cm³/mol. The van der Waals surface area contributed by atoms with E-state index >= 15 is 0 Å². The summed E-state index contributed by atoms with van der Waals surface area (Å²) in [6.07, 6.45) is 0. The molecule has 1 aromatic rings. The van der Waals surface area contributed by atoms with Crippen LogP contribution in [-0.4, -0.2) is 43.5 Å². The molecule has 18 heavy (non-hydrogen) atoms. The van der Waals surface area contributed by atoms with Crippen molar-refractivity contribution >= 4 is 34.5 Å². The molecule has 0 spiro atoms. The molecule has 0 saturated heterocycles. The minimum absolute atomic E-state index is 0.0347. The molecule has 3 N–H and O–H groups in total. The summed E-state index contributed by atoms with van der Waals surface area (Å²) >= 11 is 11.0. The second-order valence-corrected chi connectivity index (χ2v) is 4.61. The lowest BCUT2D eigenvalue weighted by Gasteiger charge is -2.26. The lowest BCUT2D eigenvalue weighted by Crippen LogP contribution is -2.32. The number of halogens is 1. The van der Waals surface area contributed by atoms with Crippen LogP contribution < -0.4 is 10.6 Å². The minimum Gasteiger partial charge on any atom is -0.395 e. The molecule has 100 valence electrons. The van der Waals surface area contributed by atoms with Gasteiger partial charge in [0.2, 0.25) is 0 Å². The number of hydrogen-bond acceptors (Lipinski definition) is 4. The van der Waals surface area contributed by atoms with Crippen LogP contribution in [0.25, 0.3) is 0 Å². The number of methoxy groups -OCH3 is 1. The molecule has 4 nitrogen and oxygen atoms in total. The van der Waals surface area contributed by atoms with Crippen molar-refractivity contribution in [3.63, 3.8) is 0 Å². The number of nitrogens with two attached hydrogens (primary N) is 1. The lowest BCUT2D eigenvalue weighted by molar-refractivity contribution is 0.203. The third-order valence-electron chi connectivity index (χ3n) is 2.50. The van der Waals surface area contributed by atoms with Crippen molar-refractivity contribution in [2.45, 2.75) is 0 Å². The van der Waals surface area contributed by atoms with Crippen LogP contribution in [0.1, 0.15) is 5.56 Å². The van der Waals surface area contributed by atoms with E-state index in [9.17, 15) is 0 Å². The Hall–Kier alpha value is -0.880. The number of ether oxygens (including phenoxy) is 1. The molecule has 0 heterocycles. The van der Waals surface area contributed by atoms with E-state index in [1.54, 1.807) is 25.3 Å². The van der Waals surface area contributed by atoms with E-state index in [0.29, 0.717) is 29.7 Å². The average Bonchev–Trinajstić information content (AvgIpc) is 2.34. The predicted octanol–water partition coefficient (Wildman–Crippen LogP) is 1.42. The minimum atomic E-state index is 0.0347. The molecule has 0 bridgehead atoms. The van der Waals surface area contributed by atoms with Crippen LogP contribution in [0.5, 0.6) is 0 Å². The summed E-state index contributed by atoms with van der Waals surface area (Å²) in [6.45, 7) is 1.68. The maximum absolute atomic E-state index is 9.12. The molecule has 1 rings (SSSR count). The zero-order chi connectivity index (χ0) is 13.5. The number of thiocarbonyl (C=S) groups is 1. The van der Waals surface area contributed by atoms with Gasteiger partial charge in [-0.1, -0.05) is 23.8 Å². The summed E-state index contributed by atoms with van der Waals surface area (Å²) in [5.74, 6) is 0. The average molecular weight is 289 g/mol. The van der Waals surface area contributed by atoms with E-state index in [1.807, 2.05) is 4.90 Å². The highest BCUT2D eigenvalue weighted by molar-refractivity contribution is 7.80. The van der Waals surface area contributed by atoms with Crippen LogP contribution in [0.15, 0.2) is 18.2 Å². The lowest BCUT2D eigenvalue weighted by atomic mass is 10.1. The molecule has 0 aliphatic rings. The molecule has 0 aliphatic carbocycles. The van der Waals surface area contributed by atoms with E-state index in [2.05, 4.69) is 0 Å². The van der Waals surface area contributed by atoms with Crippen molar-refractivity contribution in [1.29, 1.82) is 0 Å². The monoisotopic (exact) mass is 288 g/mol. The van der Waals surface area contributed by atoms with E-state index in [4.69, 9.17) is 39.4 Å². The van der Waals surface area contributed by atoms with Gasteiger partial charge in [-0.2, -0.15) is 0 Å². The van der Waals surface area contributed by atoms with Gasteiger partial charge in [0.25, 0.3) is 0 Å². The quantitative estimate of drug-likeness (QED) is 0.743. The topological polar surface area (TPSA) is 58.7 Å². The first-order valence-corrected chi connectivity index (χ1v) is 6.33. The summed E-state index contributed by atoms with van der Waals surface area (Å²) in [5.41, 5.74) is 7.26. The molecule has 0 radical (unpaired) electrons. The Morgan fingerprint density at radius 1 is 1.50 bits per heavy atom. The van der Waals surface area contributed by atoms with Gasteiger partial charge in [-0.15, -0.1) is 0 Å². The highest BCUT2D eigenvalue weighted by Crippen LogP contribution is 2.24. The summed E-state index contributed by atoms with van der Waals surface area (Å²) in [4.78, 5) is 2.26. The maximum atomic E-state index is 9.12. The van der Waals surface area contributed by atoms with Crippen LogP contribution >= 0.6 is 23.8 Å². The normalized spacial score (nSPS) is 10.4. The molecular weight excluding hydrogens is 272 g/mol. The summed E-state index contributed by atoms with van der Waals surface area (Å²) in [6, 6.07) is 5.32. The fraction of sp³-hybridized carbons (Fsp3) is 0.417. The van der Waals surface area contributed by atoms with E-state index in [-0.39, 0.29) is 6.61 Å². The summed E-state index contributed by atoms with van der Waals surface area (Å²) in [7, 11) is 1.63. The Balaban J connectivity index is 3.07. The van der Waals surface area contributed by atoms with Crippen molar-refractivity contribution < 1.29 is 9.84 Å². The van der Waals surface area contributed by atoms with Crippen molar-refractivity contribution in [2.24, 2.45) is 5.73 Å². The Kier molecular flexibility index (Phi) is 6.35. The Morgan fingerprint density at radius 2 is 2.22 bits per heavy atom. The van der Waals surface area contributed by atoms with Crippen molar-refractivity contribution in [3.05, 3.63) is 28.8 Å². The molecule has 0 atom stereocenters. The number of nitrogens with zero attached hydrogens (tertiary/aromatic N) is 1. The van der Waals surface area contributed by atoms with Crippen LogP contribution in [-0.2, 0) is 4.74 Å². The molecule has 0 unspecified atom stereocenters. The Labute approximate surface area is 117 Å². The zero-order valence-electron chi connectivity index (χ0n) is 10.2. The van der Waals surface area contributed by atoms with Gasteiger partial charge in [-0.05, 0) is 18.2 Å². The smallest absolute Gasteiger partial charge is 0.106 e. The summed E-state index contributed by atoms with van der Waals surface area (Å²) < 4.78 is 5.05. The first-order chi connectivity index (χ1) is 8.60. The fourth-order valence-electron chi connectivity index (χ4n) is 1.65. The third kappa shape index (κ3) is 4.10. The number of benzene rings is 1. The van der Waals surface area contributed by atoms with Gasteiger partial charge in [0.15, 0.2) is 0 Å². The number of rotatable bonds is 7. The van der Waals surface area contributed by atoms with Gasteiger partial charge in [0.1, 0.15) is 4.99 Å². The number of aliphatic hydroxyl groups excluding tert-OH is 1. The Morgan fingerprint density at radius 3 is 2.78 bits per heavy atom. The third-order valence-corrected chi connectivity index (χ3v) is 2.96. The van der Waals surface area contributed by atoms with Crippen LogP contribution in [0, 0.1) is 0 Å². The fourth-order valence-corrected chi connectivity index (χ4v) is 1.99. The molecular formula is C12H17ClN2O2S. The SMILES string of the molecule is COCCN(CCO)c1cc(Cl)ccc1C(N)=S. The van der Waals surface area contributed by atoms with Crippen LogP contribution in [0.3, 0.4) is 0 Å². The van der Waals surface area contributed by atoms with Gasteiger partial charge in [-0.3, -0.25) is 0 Å². The van der Waals surface area contributed by atoms with E-state index < -0.39 is 0 Å². The van der Waals surface area contributed by atoms with Gasteiger partial charge < -0.3 is 20.5 Å². The van der Waals surface area contributed by atoms with Gasteiger partial charge >= 0.3 is 0 Å². The van der Waals surface area contributed by atoms with E-state index in [0.717, 1.165) is 11.3 Å². The number of anilines is 1. The molecule has 0 fully saturated rings. The standard InChI is InChI=1S/C12H17ClN2O2S/c1-17-7-5-15(4-6-16)11-8-9(13)2-3-10(11)12(14)18/h2-3,8,16H,4-7H2,1H3,(H2,14,18). The van der Waals surface area contributed by atoms with E-state index in [1.165, 1.54) is 0 Å². The highest BCUT2D eigenvalue weighted by atomic mass is 35.5. The molecule has 0 amide bonds. The molecule has 0 aliphatic heterocycles. The van der Waals surface area contributed by atoms with Crippen molar-refractivity contribution in [2.75, 3.05) is 38.3 Å². The zero-order valence-corrected chi connectivity index (χ0v) is 11.8. The largest absolute Gasteiger partial charge is 0.395 e. The van der Waals surface area contributed by atoms with Crippen molar-refractivity contribution in [3.8, 4) is 0 Å². The first kappa shape index (κ1) is 15.2. The Bertz CT molecular complexity index is 415. The first-order valence-electron chi connectivity index (χ1n) is 5.54. The number of aliphatic hydroxyl groups is 1. The molecule has 0 aromatic heterocycles. The van der Waals surface area contributed by atoms with Crippen LogP contribution in [0.4, 0.5) is 5.69 Å². The number of hydrogen-bond donors (Lipinski definition) is 2. The second kappa shape index (κ2) is 7.53. The van der Waals surface area contributed by atoms with Crippen molar-refractivity contribution in [1.82, 2.24) is 0 Å². The van der Waals surface area contributed by atoms with Gasteiger partial charge in [0.05, 0.1) is 13.2 Å². The molecule has 0 saturated carbocycles. The van der Waals surface area contributed by atoms with Crippen LogP contribution in [0.2, 0.25) is 5.02 Å². The molecule has 6 heteroatoms. The summed E-state index contributed by atoms with van der Waals surface area (Å²) in [5, 5.41) is 9.72.